The Balaban J connectivity index is 1.33. The third kappa shape index (κ3) is 5.73. The molecule has 9 nitrogen and oxygen atoms in total. The Morgan fingerprint density at radius 3 is 2.52 bits per heavy atom. The zero-order chi connectivity index (χ0) is 23.6. The van der Waals surface area contributed by atoms with Gasteiger partial charge in [0.2, 0.25) is 0 Å². The number of carbonyl (C=O) groups is 1. The number of cyclic esters (lactones) is 1. The predicted molar refractivity (Wildman–Crippen MR) is 128 cm³/mol. The average Bonchev–Trinajstić information content (AvgIpc) is 3.18. The zero-order valence-corrected chi connectivity index (χ0v) is 20.0. The summed E-state index contributed by atoms with van der Waals surface area (Å²) in [6, 6.07) is 4.59. The van der Waals surface area contributed by atoms with E-state index in [1.807, 2.05) is 0 Å². The summed E-state index contributed by atoms with van der Waals surface area (Å²) in [5.41, 5.74) is 0.776. The standard InChI is InChI=1S/C21H30FN5O4S2/c22-18-12-16(6-7-19(18)25-8-10-26(11-9-25)33(23,29)30)27-14-17(31-21(27)28)13-24-20(32)15-4-2-1-3-5-15/h6-7,12,15,17H,1-5,8-11,13-14H2,(H,24,32)(H2,23,29,30)/t17-/m0/s1. The van der Waals surface area contributed by atoms with Crippen LogP contribution in [0.15, 0.2) is 18.2 Å². The van der Waals surface area contributed by atoms with Gasteiger partial charge in [-0.15, -0.1) is 0 Å². The summed E-state index contributed by atoms with van der Waals surface area (Å²) in [5, 5.41) is 8.41. The van der Waals surface area contributed by atoms with E-state index in [4.69, 9.17) is 22.1 Å². The second-order valence-corrected chi connectivity index (χ2v) is 10.7. The zero-order valence-electron chi connectivity index (χ0n) is 18.4. The molecule has 2 aliphatic heterocycles. The predicted octanol–water partition coefficient (Wildman–Crippen LogP) is 1.97. The fraction of sp³-hybridized carbons (Fsp3) is 0.619. The monoisotopic (exact) mass is 499 g/mol. The smallest absolute Gasteiger partial charge is 0.414 e. The summed E-state index contributed by atoms with van der Waals surface area (Å²) in [7, 11) is -3.75. The molecule has 3 fully saturated rings. The Kier molecular flexibility index (Phi) is 7.37. The molecule has 2 saturated heterocycles. The molecular weight excluding hydrogens is 469 g/mol. The number of nitrogens with zero attached hydrogens (tertiary/aromatic N) is 3. The van der Waals surface area contributed by atoms with Crippen molar-refractivity contribution in [2.24, 2.45) is 11.1 Å². The van der Waals surface area contributed by atoms with E-state index < -0.39 is 22.1 Å². The maximum atomic E-state index is 14.9. The molecule has 3 N–H and O–H groups in total. The minimum absolute atomic E-state index is 0.190. The summed E-state index contributed by atoms with van der Waals surface area (Å²) < 4.78 is 44.4. The van der Waals surface area contributed by atoms with Crippen LogP contribution in [0, 0.1) is 11.7 Å². The lowest BCUT2D eigenvalue weighted by Crippen LogP contribution is -2.50. The quantitative estimate of drug-likeness (QED) is 0.576. The van der Waals surface area contributed by atoms with Crippen LogP contribution in [0.25, 0.3) is 0 Å². The molecule has 1 aliphatic carbocycles. The number of amides is 1. The minimum Gasteiger partial charge on any atom is -0.442 e. The highest BCUT2D eigenvalue weighted by atomic mass is 32.2. The molecule has 4 rings (SSSR count). The lowest BCUT2D eigenvalue weighted by Gasteiger charge is -2.34. The highest BCUT2D eigenvalue weighted by Crippen LogP contribution is 2.29. The number of rotatable bonds is 6. The van der Waals surface area contributed by atoms with Crippen molar-refractivity contribution in [3.05, 3.63) is 24.0 Å². The van der Waals surface area contributed by atoms with Crippen LogP contribution in [0.4, 0.5) is 20.6 Å². The molecule has 1 aromatic rings. The van der Waals surface area contributed by atoms with Gasteiger partial charge in [0, 0.05) is 32.1 Å². The normalized spacial score (nSPS) is 23.0. The van der Waals surface area contributed by atoms with E-state index in [1.54, 1.807) is 17.0 Å². The lowest BCUT2D eigenvalue weighted by molar-refractivity contribution is 0.142. The first kappa shape index (κ1) is 24.1. The molecule has 0 spiro atoms. The Labute approximate surface area is 199 Å². The highest BCUT2D eigenvalue weighted by Gasteiger charge is 2.33. The molecule has 0 radical (unpaired) electrons. The van der Waals surface area contributed by atoms with Crippen molar-refractivity contribution < 1.29 is 22.3 Å². The molecule has 182 valence electrons. The van der Waals surface area contributed by atoms with Crippen molar-refractivity contribution in [3.63, 3.8) is 0 Å². The van der Waals surface area contributed by atoms with E-state index in [0.29, 0.717) is 43.5 Å². The average molecular weight is 500 g/mol. The summed E-state index contributed by atoms with van der Waals surface area (Å²) in [6.07, 6.45) is 4.97. The van der Waals surface area contributed by atoms with Gasteiger partial charge in [-0.1, -0.05) is 31.5 Å². The van der Waals surface area contributed by atoms with E-state index in [0.717, 1.165) is 17.8 Å². The first-order valence-corrected chi connectivity index (χ1v) is 13.2. The van der Waals surface area contributed by atoms with Crippen molar-refractivity contribution in [1.82, 2.24) is 9.62 Å². The number of benzene rings is 1. The van der Waals surface area contributed by atoms with E-state index in [9.17, 15) is 17.6 Å². The Bertz CT molecular complexity index is 994. The van der Waals surface area contributed by atoms with Gasteiger partial charge in [-0.05, 0) is 31.0 Å². The largest absolute Gasteiger partial charge is 0.442 e. The van der Waals surface area contributed by atoms with Crippen LogP contribution in [0.5, 0.6) is 0 Å². The number of anilines is 2. The molecule has 12 heteroatoms. The van der Waals surface area contributed by atoms with Crippen LogP contribution in [0.1, 0.15) is 32.1 Å². The molecule has 1 amide bonds. The van der Waals surface area contributed by atoms with Crippen molar-refractivity contribution >= 4 is 44.9 Å². The van der Waals surface area contributed by atoms with E-state index >= 15 is 0 Å². The van der Waals surface area contributed by atoms with Crippen LogP contribution >= 0.6 is 12.2 Å². The molecule has 0 aromatic heterocycles. The fourth-order valence-corrected chi connectivity index (χ4v) is 5.66. The number of carbonyl (C=O) groups excluding carboxylic acids is 1. The van der Waals surface area contributed by atoms with Gasteiger partial charge < -0.3 is 15.0 Å². The molecule has 0 bridgehead atoms. The van der Waals surface area contributed by atoms with Crippen molar-refractivity contribution in [3.8, 4) is 0 Å². The SMILES string of the molecule is NS(=O)(=O)N1CCN(c2ccc(N3C[C@H](CNC(=S)C4CCCCC4)OC3=O)cc2F)CC1. The van der Waals surface area contributed by atoms with Gasteiger partial charge in [-0.3, -0.25) is 4.90 Å². The number of nitrogens with one attached hydrogen (secondary N) is 1. The van der Waals surface area contributed by atoms with E-state index in [2.05, 4.69) is 5.32 Å². The summed E-state index contributed by atoms with van der Waals surface area (Å²) in [5.74, 6) is -0.0835. The first-order chi connectivity index (χ1) is 15.7. The number of piperazine rings is 1. The van der Waals surface area contributed by atoms with Gasteiger partial charge in [0.15, 0.2) is 0 Å². The minimum atomic E-state index is -3.75. The molecular formula is C21H30FN5O4S2. The fourth-order valence-electron chi connectivity index (χ4n) is 4.67. The topological polar surface area (TPSA) is 108 Å². The second-order valence-electron chi connectivity index (χ2n) is 8.76. The second kappa shape index (κ2) is 10.1. The highest BCUT2D eigenvalue weighted by molar-refractivity contribution is 7.86. The van der Waals surface area contributed by atoms with E-state index in [-0.39, 0.29) is 19.2 Å². The molecule has 0 unspecified atom stereocenters. The number of halogens is 1. The van der Waals surface area contributed by atoms with Crippen molar-refractivity contribution in [2.75, 3.05) is 49.1 Å². The van der Waals surface area contributed by atoms with Crippen LogP contribution in [0.2, 0.25) is 0 Å². The molecule has 1 atom stereocenters. The van der Waals surface area contributed by atoms with Crippen LogP contribution < -0.4 is 20.3 Å². The molecule has 33 heavy (non-hydrogen) atoms. The maximum absolute atomic E-state index is 14.9. The maximum Gasteiger partial charge on any atom is 0.414 e. The lowest BCUT2D eigenvalue weighted by atomic mass is 9.89. The van der Waals surface area contributed by atoms with Crippen LogP contribution in [0.3, 0.4) is 0 Å². The Hall–Kier alpha value is -2.02. The summed E-state index contributed by atoms with van der Waals surface area (Å²) in [6.45, 7) is 1.78. The number of hydrogen-bond acceptors (Lipinski definition) is 6. The van der Waals surface area contributed by atoms with Crippen LogP contribution in [-0.2, 0) is 14.9 Å². The van der Waals surface area contributed by atoms with Crippen molar-refractivity contribution in [1.29, 1.82) is 0 Å². The van der Waals surface area contributed by atoms with E-state index in [1.165, 1.54) is 34.5 Å². The van der Waals surface area contributed by atoms with Gasteiger partial charge in [-0.25, -0.2) is 14.3 Å². The van der Waals surface area contributed by atoms with Gasteiger partial charge in [0.25, 0.3) is 10.2 Å². The number of nitrogens with two attached hydrogens (primary N) is 1. The van der Waals surface area contributed by atoms with Crippen molar-refractivity contribution in [2.45, 2.75) is 38.2 Å². The third-order valence-electron chi connectivity index (χ3n) is 6.54. The molecule has 1 saturated carbocycles. The Morgan fingerprint density at radius 1 is 1.18 bits per heavy atom. The van der Waals surface area contributed by atoms with Gasteiger partial charge in [0.05, 0.1) is 29.5 Å². The number of hydrogen-bond donors (Lipinski definition) is 2. The molecule has 2 heterocycles. The van der Waals surface area contributed by atoms with Gasteiger partial charge >= 0.3 is 6.09 Å². The number of thiocarbonyl (C=S) groups is 1. The molecule has 1 aromatic carbocycles. The summed E-state index contributed by atoms with van der Waals surface area (Å²) in [4.78, 5) is 16.4. The Morgan fingerprint density at radius 2 is 1.88 bits per heavy atom. The van der Waals surface area contributed by atoms with Gasteiger partial charge in [-0.2, -0.15) is 12.7 Å². The first-order valence-electron chi connectivity index (χ1n) is 11.3. The van der Waals surface area contributed by atoms with Gasteiger partial charge in [0.1, 0.15) is 11.9 Å². The number of ether oxygens (including phenoxy) is 1. The van der Waals surface area contributed by atoms with Crippen LogP contribution in [-0.4, -0.2) is 69.2 Å². The third-order valence-corrected chi connectivity index (χ3v) is 8.10. The molecule has 3 aliphatic rings. The summed E-state index contributed by atoms with van der Waals surface area (Å²) >= 11 is 5.52.